The first kappa shape index (κ1) is 17.2. The van der Waals surface area contributed by atoms with Crippen LogP contribution in [-0.2, 0) is 16.9 Å². The molecule has 3 aromatic rings. The van der Waals surface area contributed by atoms with Crippen molar-refractivity contribution in [3.63, 3.8) is 0 Å². The van der Waals surface area contributed by atoms with Gasteiger partial charge in [0.25, 0.3) is 11.8 Å². The summed E-state index contributed by atoms with van der Waals surface area (Å²) in [5.41, 5.74) is 1.18. The summed E-state index contributed by atoms with van der Waals surface area (Å²) in [5, 5.41) is 5.87. The van der Waals surface area contributed by atoms with Crippen molar-refractivity contribution in [1.82, 2.24) is 25.5 Å². The quantitative estimate of drug-likeness (QED) is 0.579. The van der Waals surface area contributed by atoms with Crippen LogP contribution in [0, 0.1) is 0 Å². The van der Waals surface area contributed by atoms with Crippen molar-refractivity contribution in [2.24, 2.45) is 0 Å². The first-order chi connectivity index (χ1) is 14.0. The number of rotatable bonds is 4. The fourth-order valence-electron chi connectivity index (χ4n) is 3.96. The molecule has 9 nitrogen and oxygen atoms in total. The predicted molar refractivity (Wildman–Crippen MR) is 102 cm³/mol. The molecule has 4 amide bonds. The molecule has 0 spiro atoms. The molecule has 1 fully saturated rings. The fraction of sp³-hybridized carbons (Fsp3) is 0.200. The summed E-state index contributed by atoms with van der Waals surface area (Å²) in [6.45, 7) is 0.325. The van der Waals surface area contributed by atoms with E-state index in [1.165, 1.54) is 7.11 Å². The van der Waals surface area contributed by atoms with Crippen molar-refractivity contribution >= 4 is 28.7 Å². The van der Waals surface area contributed by atoms with Gasteiger partial charge in [-0.15, -0.1) is 0 Å². The maximum atomic E-state index is 13.0. The van der Waals surface area contributed by atoms with E-state index in [1.807, 2.05) is 6.07 Å². The minimum Gasteiger partial charge on any atom is -0.497 e. The normalized spacial score (nSPS) is 20.7. The molecule has 9 heteroatoms. The number of hydrogen-bond donors (Lipinski definition) is 3. The van der Waals surface area contributed by atoms with E-state index in [1.54, 1.807) is 41.6 Å². The molecule has 146 valence electrons. The van der Waals surface area contributed by atoms with Crippen molar-refractivity contribution in [3.05, 3.63) is 59.5 Å². The van der Waals surface area contributed by atoms with Gasteiger partial charge in [0.15, 0.2) is 5.54 Å². The summed E-state index contributed by atoms with van der Waals surface area (Å²) in [4.78, 5) is 46.7. The average molecular weight is 391 g/mol. The van der Waals surface area contributed by atoms with Crippen LogP contribution in [0.1, 0.15) is 21.6 Å². The number of imide groups is 1. The summed E-state index contributed by atoms with van der Waals surface area (Å²) in [6, 6.07) is 8.31. The lowest BCUT2D eigenvalue weighted by molar-refractivity contribution is -0.124. The Balaban J connectivity index is 1.54. The molecule has 3 N–H and O–H groups in total. The lowest BCUT2D eigenvalue weighted by atomic mass is 9.94. The van der Waals surface area contributed by atoms with Gasteiger partial charge in [-0.3, -0.25) is 19.9 Å². The molecule has 2 aliphatic rings. The number of aromatic amines is 1. The molecule has 2 aromatic heterocycles. The number of benzene rings is 1. The first-order valence-corrected chi connectivity index (χ1v) is 9.03. The molecule has 1 aromatic carbocycles. The van der Waals surface area contributed by atoms with E-state index in [2.05, 4.69) is 20.6 Å². The van der Waals surface area contributed by atoms with Gasteiger partial charge in [0, 0.05) is 23.7 Å². The Morgan fingerprint density at radius 2 is 2.07 bits per heavy atom. The zero-order valence-corrected chi connectivity index (χ0v) is 15.5. The summed E-state index contributed by atoms with van der Waals surface area (Å²) in [5.74, 6) is -0.142. The average Bonchev–Trinajstić information content (AvgIpc) is 3.36. The lowest BCUT2D eigenvalue weighted by Crippen LogP contribution is -2.53. The number of hydrogen-bond acceptors (Lipinski definition) is 5. The topological polar surface area (TPSA) is 116 Å². The first-order valence-electron chi connectivity index (χ1n) is 9.03. The van der Waals surface area contributed by atoms with E-state index < -0.39 is 17.5 Å². The smallest absolute Gasteiger partial charge is 0.322 e. The van der Waals surface area contributed by atoms with Crippen LogP contribution in [0.4, 0.5) is 4.79 Å². The van der Waals surface area contributed by atoms with E-state index in [0.717, 1.165) is 16.5 Å². The molecule has 4 heterocycles. The number of nitrogens with zero attached hydrogens (tertiary/aromatic N) is 2. The number of nitrogens with one attached hydrogen (secondary N) is 3. The molecule has 0 unspecified atom stereocenters. The highest BCUT2D eigenvalue weighted by Crippen LogP contribution is 2.33. The number of carbonyl (C=O) groups excluding carboxylic acids is 3. The number of methoxy groups -OCH3 is 1. The van der Waals surface area contributed by atoms with Gasteiger partial charge >= 0.3 is 6.03 Å². The third-order valence-corrected chi connectivity index (χ3v) is 5.45. The third kappa shape index (κ3) is 2.54. The van der Waals surface area contributed by atoms with Crippen molar-refractivity contribution < 1.29 is 19.1 Å². The highest BCUT2D eigenvalue weighted by molar-refractivity contribution is 6.08. The van der Waals surface area contributed by atoms with Gasteiger partial charge in [-0.05, 0) is 29.8 Å². The molecule has 1 atom stereocenters. The van der Waals surface area contributed by atoms with Crippen LogP contribution in [0.3, 0.4) is 0 Å². The van der Waals surface area contributed by atoms with E-state index in [9.17, 15) is 14.4 Å². The second-order valence-corrected chi connectivity index (χ2v) is 7.14. The molecule has 0 saturated carbocycles. The fourth-order valence-corrected chi connectivity index (χ4v) is 3.96. The van der Waals surface area contributed by atoms with Gasteiger partial charge < -0.3 is 19.9 Å². The largest absolute Gasteiger partial charge is 0.497 e. The van der Waals surface area contributed by atoms with E-state index in [4.69, 9.17) is 4.74 Å². The summed E-state index contributed by atoms with van der Waals surface area (Å²) < 4.78 is 5.21. The zero-order valence-electron chi connectivity index (χ0n) is 15.5. The summed E-state index contributed by atoms with van der Waals surface area (Å²) >= 11 is 0. The predicted octanol–water partition coefficient (Wildman–Crippen LogP) is 1.26. The Morgan fingerprint density at radius 1 is 1.21 bits per heavy atom. The SMILES string of the molecule is COc1ccc2c(c1)C(=O)N(C[C@@]1(c3cc4ccncc4[nH]3)NC(=O)NC1=O)C2. The van der Waals surface area contributed by atoms with Gasteiger partial charge in [-0.1, -0.05) is 6.07 Å². The minimum absolute atomic E-state index is 0.0132. The maximum Gasteiger partial charge on any atom is 0.322 e. The standard InChI is InChI=1S/C20H17N5O4/c1-29-13-3-2-12-9-25(17(26)14(12)7-13)10-20(18(27)23-19(28)24-20)16-6-11-4-5-21-8-15(11)22-16/h2-8,22H,9-10H2,1H3,(H2,23,24,27,28)/t20-/m0/s1. The molecule has 0 bridgehead atoms. The monoisotopic (exact) mass is 391 g/mol. The maximum absolute atomic E-state index is 13.0. The number of pyridine rings is 1. The van der Waals surface area contributed by atoms with Crippen molar-refractivity contribution in [3.8, 4) is 5.75 Å². The second-order valence-electron chi connectivity index (χ2n) is 7.14. The van der Waals surface area contributed by atoms with Crippen LogP contribution in [-0.4, -0.2) is 46.4 Å². The molecular weight excluding hydrogens is 374 g/mol. The number of fused-ring (bicyclic) bond motifs is 2. The van der Waals surface area contributed by atoms with E-state index in [-0.39, 0.29) is 12.5 Å². The van der Waals surface area contributed by atoms with Crippen LogP contribution in [0.15, 0.2) is 42.7 Å². The number of H-pyrrole nitrogens is 1. The highest BCUT2D eigenvalue weighted by Gasteiger charge is 2.51. The zero-order chi connectivity index (χ0) is 20.2. The minimum atomic E-state index is -1.42. The molecule has 5 rings (SSSR count). The van der Waals surface area contributed by atoms with Gasteiger partial charge in [-0.2, -0.15) is 0 Å². The Kier molecular flexibility index (Phi) is 3.60. The van der Waals surface area contributed by atoms with Gasteiger partial charge in [-0.25, -0.2) is 4.79 Å². The Labute approximate surface area is 165 Å². The van der Waals surface area contributed by atoms with Crippen molar-refractivity contribution in [2.45, 2.75) is 12.1 Å². The molecule has 2 aliphatic heterocycles. The highest BCUT2D eigenvalue weighted by atomic mass is 16.5. The second kappa shape index (κ2) is 6.06. The molecule has 29 heavy (non-hydrogen) atoms. The van der Waals surface area contributed by atoms with Gasteiger partial charge in [0.1, 0.15) is 5.75 Å². The summed E-state index contributed by atoms with van der Waals surface area (Å²) in [6.07, 6.45) is 3.29. The van der Waals surface area contributed by atoms with Crippen molar-refractivity contribution in [1.29, 1.82) is 0 Å². The summed E-state index contributed by atoms with van der Waals surface area (Å²) in [7, 11) is 1.54. The van der Waals surface area contributed by atoms with Gasteiger partial charge in [0.2, 0.25) is 0 Å². The molecule has 0 aliphatic carbocycles. The van der Waals surface area contributed by atoms with Crippen molar-refractivity contribution in [2.75, 3.05) is 13.7 Å². The Hall–Kier alpha value is -3.88. The molecular formula is C20H17N5O4. The Morgan fingerprint density at radius 3 is 2.79 bits per heavy atom. The van der Waals surface area contributed by atoms with Crippen LogP contribution >= 0.6 is 0 Å². The van der Waals surface area contributed by atoms with Crippen LogP contribution < -0.4 is 15.4 Å². The van der Waals surface area contributed by atoms with Crippen LogP contribution in [0.25, 0.3) is 10.9 Å². The number of aromatic nitrogens is 2. The molecule has 1 saturated heterocycles. The lowest BCUT2D eigenvalue weighted by Gasteiger charge is -2.30. The molecule has 0 radical (unpaired) electrons. The van der Waals surface area contributed by atoms with E-state index in [0.29, 0.717) is 23.6 Å². The van der Waals surface area contributed by atoms with Crippen LogP contribution in [0.2, 0.25) is 0 Å². The number of carbonyl (C=O) groups is 3. The third-order valence-electron chi connectivity index (χ3n) is 5.45. The number of ether oxygens (including phenoxy) is 1. The number of urea groups is 1. The van der Waals surface area contributed by atoms with E-state index >= 15 is 0 Å². The Bertz CT molecular complexity index is 1150. The van der Waals surface area contributed by atoms with Gasteiger partial charge in [0.05, 0.1) is 31.1 Å². The number of amides is 4. The van der Waals surface area contributed by atoms with Crippen LogP contribution in [0.5, 0.6) is 5.75 Å².